The third-order valence-electron chi connectivity index (χ3n) is 8.34. The third-order valence-corrected chi connectivity index (χ3v) is 9.09. The highest BCUT2D eigenvalue weighted by atomic mass is 32.1. The van der Waals surface area contributed by atoms with Crippen LogP contribution in [0, 0.1) is 11.8 Å². The van der Waals surface area contributed by atoms with Gasteiger partial charge in [-0.1, -0.05) is 30.2 Å². The van der Waals surface area contributed by atoms with Crippen molar-refractivity contribution in [3.8, 4) is 11.8 Å². The normalized spacial score (nSPS) is 16.6. The van der Waals surface area contributed by atoms with Crippen LogP contribution in [0.3, 0.4) is 0 Å². The Bertz CT molecular complexity index is 1280. The molecule has 0 atom stereocenters. The number of piperidine rings is 1. The molecule has 0 saturated carbocycles. The second kappa shape index (κ2) is 17.0. The van der Waals surface area contributed by atoms with Crippen LogP contribution >= 0.6 is 11.3 Å². The van der Waals surface area contributed by atoms with E-state index in [1.54, 1.807) is 38.5 Å². The van der Waals surface area contributed by atoms with Gasteiger partial charge >= 0.3 is 0 Å². The van der Waals surface area contributed by atoms with Crippen molar-refractivity contribution in [1.29, 1.82) is 0 Å². The number of rotatable bonds is 14. The number of hydrogen-bond acceptors (Lipinski definition) is 9. The topological polar surface area (TPSA) is 93.7 Å². The Kier molecular flexibility index (Phi) is 13.2. The molecule has 44 heavy (non-hydrogen) atoms. The molecule has 2 aliphatic heterocycles. The van der Waals surface area contributed by atoms with Crippen molar-refractivity contribution >= 4 is 23.2 Å². The number of likely N-dealkylation sites (N-methyl/N-ethyl adjacent to an activating group) is 1. The lowest BCUT2D eigenvalue weighted by Gasteiger charge is -2.47. The molecular formula is C33H46N4O6S. The minimum atomic E-state index is -0.428. The summed E-state index contributed by atoms with van der Waals surface area (Å²) in [6, 6.07) is 8.68. The molecule has 0 unspecified atom stereocenters. The van der Waals surface area contributed by atoms with Crippen LogP contribution < -0.4 is 0 Å². The number of amides is 2. The van der Waals surface area contributed by atoms with Gasteiger partial charge in [-0.3, -0.25) is 9.59 Å². The zero-order valence-electron chi connectivity index (χ0n) is 26.5. The number of morpholine rings is 1. The molecule has 2 saturated heterocycles. The first-order chi connectivity index (χ1) is 21.3. The van der Waals surface area contributed by atoms with E-state index >= 15 is 0 Å². The van der Waals surface area contributed by atoms with Crippen molar-refractivity contribution in [2.45, 2.75) is 50.9 Å². The molecule has 1 spiro atoms. The monoisotopic (exact) mass is 626 g/mol. The van der Waals surface area contributed by atoms with Crippen molar-refractivity contribution in [2.24, 2.45) is 0 Å². The molecule has 2 fully saturated rings. The first-order valence-corrected chi connectivity index (χ1v) is 16.2. The number of hydrogen-bond donors (Lipinski definition) is 0. The average molecular weight is 627 g/mol. The number of likely N-dealkylation sites (tertiary alicyclic amines) is 1. The van der Waals surface area contributed by atoms with Crippen molar-refractivity contribution in [3.63, 3.8) is 0 Å². The first kappa shape index (κ1) is 34.0. The fourth-order valence-corrected chi connectivity index (χ4v) is 6.33. The number of carbonyl (C=O) groups is 2. The number of benzene rings is 1. The Labute approximate surface area is 265 Å². The maximum Gasteiger partial charge on any atom is 0.273 e. The molecule has 2 aliphatic rings. The molecule has 1 aromatic carbocycles. The number of ether oxygens (including phenoxy) is 4. The van der Waals surface area contributed by atoms with Crippen LogP contribution in [-0.4, -0.2) is 124 Å². The number of carbonyl (C=O) groups excluding carboxylic acids is 2. The van der Waals surface area contributed by atoms with Crippen LogP contribution in [0.2, 0.25) is 0 Å². The maximum atomic E-state index is 13.1. The zero-order valence-corrected chi connectivity index (χ0v) is 27.3. The molecule has 0 aliphatic carbocycles. The minimum Gasteiger partial charge on any atom is -0.381 e. The van der Waals surface area contributed by atoms with E-state index in [0.29, 0.717) is 56.6 Å². The van der Waals surface area contributed by atoms with Crippen molar-refractivity contribution in [3.05, 3.63) is 51.5 Å². The van der Waals surface area contributed by atoms with E-state index < -0.39 is 6.29 Å². The van der Waals surface area contributed by atoms with Crippen LogP contribution in [0.5, 0.6) is 0 Å². The van der Waals surface area contributed by atoms with E-state index in [9.17, 15) is 9.59 Å². The molecule has 10 nitrogen and oxygen atoms in total. The summed E-state index contributed by atoms with van der Waals surface area (Å²) < 4.78 is 22.4. The fourth-order valence-electron chi connectivity index (χ4n) is 5.64. The highest BCUT2D eigenvalue weighted by Crippen LogP contribution is 2.31. The second-order valence-electron chi connectivity index (χ2n) is 11.4. The quantitative estimate of drug-likeness (QED) is 0.180. The average Bonchev–Trinajstić information content (AvgIpc) is 3.51. The molecule has 0 bridgehead atoms. The van der Waals surface area contributed by atoms with Crippen LogP contribution in [0.4, 0.5) is 0 Å². The number of thiazole rings is 1. The van der Waals surface area contributed by atoms with Crippen LogP contribution in [0.15, 0.2) is 29.6 Å². The summed E-state index contributed by atoms with van der Waals surface area (Å²) in [6.45, 7) is 7.78. The molecule has 0 radical (unpaired) electrons. The third kappa shape index (κ3) is 9.83. The predicted molar refractivity (Wildman–Crippen MR) is 170 cm³/mol. The summed E-state index contributed by atoms with van der Waals surface area (Å²) in [4.78, 5) is 35.8. The molecule has 2 aromatic rings. The lowest BCUT2D eigenvalue weighted by atomic mass is 9.89. The molecule has 1 aromatic heterocycles. The van der Waals surface area contributed by atoms with E-state index in [2.05, 4.69) is 46.0 Å². The number of methoxy groups -OCH3 is 2. The molecule has 240 valence electrons. The van der Waals surface area contributed by atoms with Crippen molar-refractivity contribution < 1.29 is 28.5 Å². The minimum absolute atomic E-state index is 0.00265. The van der Waals surface area contributed by atoms with Gasteiger partial charge in [0, 0.05) is 52.8 Å². The van der Waals surface area contributed by atoms with E-state index in [1.165, 1.54) is 22.5 Å². The fraction of sp³-hybridized carbons (Fsp3) is 0.606. The molecule has 4 rings (SSSR count). The SMILES string of the molecule is CC#Cc1nc(C(=O)N2CCOC3(CCN(CCc4cccc(CCOCCC(=O)N(C)CC(OC)OC)c4)CC3)C2)cs1. The highest BCUT2D eigenvalue weighted by molar-refractivity contribution is 7.10. The number of aromatic nitrogens is 1. The molecule has 3 heterocycles. The van der Waals surface area contributed by atoms with Crippen molar-refractivity contribution in [2.75, 3.05) is 80.4 Å². The van der Waals surface area contributed by atoms with E-state index in [-0.39, 0.29) is 17.4 Å². The van der Waals surface area contributed by atoms with Gasteiger partial charge in [-0.25, -0.2) is 4.98 Å². The molecule has 2 amide bonds. The van der Waals surface area contributed by atoms with E-state index in [1.807, 2.05) is 4.90 Å². The van der Waals surface area contributed by atoms with Gasteiger partial charge in [0.25, 0.3) is 5.91 Å². The Morgan fingerprint density at radius 2 is 1.89 bits per heavy atom. The summed E-state index contributed by atoms with van der Waals surface area (Å²) in [5.74, 6) is 5.75. The number of nitrogens with zero attached hydrogens (tertiary/aromatic N) is 4. The first-order valence-electron chi connectivity index (χ1n) is 15.3. The van der Waals surface area contributed by atoms with E-state index in [0.717, 1.165) is 45.3 Å². The van der Waals surface area contributed by atoms with Gasteiger partial charge in [0.15, 0.2) is 11.3 Å². The van der Waals surface area contributed by atoms with Crippen molar-refractivity contribution in [1.82, 2.24) is 19.7 Å². The summed E-state index contributed by atoms with van der Waals surface area (Å²) in [6.07, 6.45) is 3.51. The Hall–Kier alpha value is -2.85. The highest BCUT2D eigenvalue weighted by Gasteiger charge is 2.41. The van der Waals surface area contributed by atoms with Gasteiger partial charge in [0.1, 0.15) is 5.69 Å². The molecule has 11 heteroatoms. The van der Waals surface area contributed by atoms with E-state index in [4.69, 9.17) is 18.9 Å². The second-order valence-corrected chi connectivity index (χ2v) is 12.2. The van der Waals surface area contributed by atoms with Crippen LogP contribution in [-0.2, 0) is 36.6 Å². The summed E-state index contributed by atoms with van der Waals surface area (Å²) in [7, 11) is 4.86. The van der Waals surface area contributed by atoms with Gasteiger partial charge in [-0.2, -0.15) is 0 Å². The maximum absolute atomic E-state index is 13.1. The standard InChI is InChI=1S/C33H46N4O6S/c1-5-7-29-34-28(24-44-29)32(39)37-18-21-43-33(25-37)13-16-36(17-14-33)15-10-26-8-6-9-27(22-26)11-19-42-20-12-30(38)35(2)23-31(40-3)41-4/h6,8-9,22,24,31H,10-21,23,25H2,1-4H3. The van der Waals surface area contributed by atoms with Crippen LogP contribution in [0.25, 0.3) is 0 Å². The summed E-state index contributed by atoms with van der Waals surface area (Å²) in [5.41, 5.74) is 2.75. The smallest absolute Gasteiger partial charge is 0.273 e. The Balaban J connectivity index is 1.15. The van der Waals surface area contributed by atoms with Gasteiger partial charge in [-0.05, 0) is 49.7 Å². The zero-order chi connectivity index (χ0) is 31.4. The van der Waals surface area contributed by atoms with Gasteiger partial charge in [0.2, 0.25) is 5.91 Å². The molecular weight excluding hydrogens is 580 g/mol. The summed E-state index contributed by atoms with van der Waals surface area (Å²) >= 11 is 1.41. The van der Waals surface area contributed by atoms with Gasteiger partial charge < -0.3 is 33.6 Å². The lowest BCUT2D eigenvalue weighted by molar-refractivity contribution is -0.143. The molecule has 0 N–H and O–H groups in total. The largest absolute Gasteiger partial charge is 0.381 e. The predicted octanol–water partition coefficient (Wildman–Crippen LogP) is 3.09. The van der Waals surface area contributed by atoms with Gasteiger partial charge in [0.05, 0.1) is 44.9 Å². The Morgan fingerprint density at radius 3 is 2.61 bits per heavy atom. The van der Waals surface area contributed by atoms with Crippen LogP contribution in [0.1, 0.15) is 52.8 Å². The van der Waals surface area contributed by atoms with Gasteiger partial charge in [-0.15, -0.1) is 11.3 Å². The Morgan fingerprint density at radius 1 is 1.14 bits per heavy atom. The lowest BCUT2D eigenvalue weighted by Crippen LogP contribution is -2.58. The summed E-state index contributed by atoms with van der Waals surface area (Å²) in [5, 5.41) is 2.49.